The maximum atomic E-state index is 13.5. The number of nitrogens with zero attached hydrogens (tertiary/aromatic N) is 1. The number of benzene rings is 2. The van der Waals surface area contributed by atoms with E-state index in [-0.39, 0.29) is 41.2 Å². The van der Waals surface area contributed by atoms with Gasteiger partial charge in [-0.25, -0.2) is 0 Å². The molecule has 27 heavy (non-hydrogen) atoms. The van der Waals surface area contributed by atoms with Gasteiger partial charge in [0.2, 0.25) is 0 Å². The van der Waals surface area contributed by atoms with Crippen LogP contribution in [-0.2, 0) is 9.59 Å². The average Bonchev–Trinajstić information content (AvgIpc) is 2.92. The summed E-state index contributed by atoms with van der Waals surface area (Å²) >= 11 is 1.55. The van der Waals surface area contributed by atoms with Gasteiger partial charge in [0.25, 0.3) is 0 Å². The van der Waals surface area contributed by atoms with Gasteiger partial charge in [-0.05, 0) is 0 Å². The van der Waals surface area contributed by atoms with Crippen molar-refractivity contribution >= 4 is 62.5 Å². The Balaban J connectivity index is 1.74. The Morgan fingerprint density at radius 1 is 1.00 bits per heavy atom. The van der Waals surface area contributed by atoms with Crippen LogP contribution in [0.2, 0.25) is 3.21 Å². The summed E-state index contributed by atoms with van der Waals surface area (Å²) in [7, 11) is 0. The number of amides is 1. The third kappa shape index (κ3) is 3.16. The minimum absolute atomic E-state index is 0.0191. The first kappa shape index (κ1) is 19.1. The fourth-order valence-corrected chi connectivity index (χ4v) is 13.2. The van der Waals surface area contributed by atoms with Crippen molar-refractivity contribution in [1.29, 1.82) is 0 Å². The number of hydrogen-bond acceptors (Lipinski definition) is 3. The molecule has 0 aromatic heterocycles. The van der Waals surface area contributed by atoms with Crippen molar-refractivity contribution in [3.05, 3.63) is 60.7 Å². The van der Waals surface area contributed by atoms with Gasteiger partial charge in [0.05, 0.1) is 0 Å². The van der Waals surface area contributed by atoms with Crippen molar-refractivity contribution < 1.29 is 14.7 Å². The normalized spacial score (nSPS) is 25.0. The number of carboxylic acid groups (broad SMARTS) is 1. The first-order chi connectivity index (χ1) is 12.8. The maximum absolute atomic E-state index is 13.5. The quantitative estimate of drug-likeness (QED) is 0.486. The molecule has 0 saturated carbocycles. The number of hydrogen-bond donors (Lipinski definition) is 1. The molecule has 1 N–H and O–H groups in total. The van der Waals surface area contributed by atoms with Crippen molar-refractivity contribution in [1.82, 2.24) is 4.90 Å². The van der Waals surface area contributed by atoms with E-state index in [1.807, 2.05) is 50.2 Å². The summed E-state index contributed by atoms with van der Waals surface area (Å²) in [6, 6.07) is 19.6. The Bertz CT molecular complexity index is 834. The van der Waals surface area contributed by atoms with E-state index in [0.717, 1.165) is 0 Å². The molecular weight excluding hydrogens is 492 g/mol. The monoisotopic (exact) mass is 513 g/mol. The summed E-state index contributed by atoms with van der Waals surface area (Å²) in [6.45, 7) is 3.88. The van der Waals surface area contributed by atoms with E-state index in [1.165, 1.54) is 8.92 Å². The number of thioether (sulfide) groups is 1. The number of carboxylic acids is 1. The van der Waals surface area contributed by atoms with E-state index < -0.39 is 20.0 Å². The van der Waals surface area contributed by atoms with Crippen LogP contribution in [0.4, 0.5) is 0 Å². The van der Waals surface area contributed by atoms with Gasteiger partial charge in [-0.2, -0.15) is 0 Å². The second-order valence-electron chi connectivity index (χ2n) is 7.02. The first-order valence-corrected chi connectivity index (χ1v) is 12.9. The summed E-state index contributed by atoms with van der Waals surface area (Å²) in [5, 5.41) is 9.67. The average molecular weight is 511 g/mol. The Hall–Kier alpha value is -1.23. The van der Waals surface area contributed by atoms with E-state index in [2.05, 4.69) is 24.3 Å². The molecule has 2 aliphatic rings. The molecule has 2 aromatic carbocycles. The van der Waals surface area contributed by atoms with Crippen LogP contribution in [0.3, 0.4) is 0 Å². The van der Waals surface area contributed by atoms with Gasteiger partial charge in [-0.3, -0.25) is 0 Å². The third-order valence-electron chi connectivity index (χ3n) is 4.72. The van der Waals surface area contributed by atoms with Gasteiger partial charge in [0.1, 0.15) is 0 Å². The summed E-state index contributed by atoms with van der Waals surface area (Å²) < 4.78 is 1.41. The van der Waals surface area contributed by atoms with Crippen LogP contribution in [0.1, 0.15) is 13.8 Å². The van der Waals surface area contributed by atoms with Crippen LogP contribution in [-0.4, -0.2) is 68.0 Å². The predicted molar refractivity (Wildman–Crippen MR) is 110 cm³/mol. The predicted octanol–water partition coefficient (Wildman–Crippen LogP) is 1.31. The molecule has 2 heterocycles. The number of β-lactam (4-membered cyclic amide) rings is 1. The number of carbonyl (C=O) groups excluding carboxylic acids is 1. The van der Waals surface area contributed by atoms with Crippen LogP contribution in [0.5, 0.6) is 0 Å². The molecule has 2 saturated heterocycles. The van der Waals surface area contributed by atoms with Crippen LogP contribution < -0.4 is 8.92 Å². The summed E-state index contributed by atoms with van der Waals surface area (Å²) in [5.74, 6) is -0.887. The van der Waals surface area contributed by atoms with Crippen LogP contribution in [0.15, 0.2) is 60.7 Å². The number of aliphatic carboxylic acids is 1. The molecular formula is C20H19NO3SSe2. The van der Waals surface area contributed by atoms with Crippen molar-refractivity contribution in [2.75, 3.05) is 0 Å². The van der Waals surface area contributed by atoms with E-state index in [4.69, 9.17) is 0 Å². The van der Waals surface area contributed by atoms with E-state index in [9.17, 15) is 14.7 Å². The Kier molecular flexibility index (Phi) is 4.94. The van der Waals surface area contributed by atoms with Crippen LogP contribution >= 0.6 is 11.8 Å². The van der Waals surface area contributed by atoms with Gasteiger partial charge < -0.3 is 0 Å². The molecule has 0 bridgehead atoms. The number of fused-ring (bicyclic) bond motifs is 1. The fraction of sp³-hybridized carbons (Fsp3) is 0.300. The molecule has 2 aliphatic heterocycles. The molecule has 0 spiro atoms. The fourth-order valence-electron chi connectivity index (χ4n) is 3.54. The second kappa shape index (κ2) is 6.98. The molecule has 2 atom stereocenters. The molecule has 7 heteroatoms. The van der Waals surface area contributed by atoms with Crippen molar-refractivity contribution in [3.8, 4) is 0 Å². The molecule has 1 amide bonds. The van der Waals surface area contributed by atoms with Gasteiger partial charge in [-0.1, -0.05) is 0 Å². The SMILES string of the molecule is CC1(C)S[C@H]2N(C(=O)C2([Se]c2ccccc2)[Se]c2ccccc2)[C@H]1C(=O)O. The van der Waals surface area contributed by atoms with E-state index >= 15 is 0 Å². The Labute approximate surface area is 175 Å². The van der Waals surface area contributed by atoms with Crippen LogP contribution in [0.25, 0.3) is 0 Å². The summed E-state index contributed by atoms with van der Waals surface area (Å²) in [4.78, 5) is 27.0. The number of rotatable bonds is 5. The van der Waals surface area contributed by atoms with Crippen LogP contribution in [0, 0.1) is 0 Å². The van der Waals surface area contributed by atoms with Gasteiger partial charge in [0, 0.05) is 0 Å². The zero-order chi connectivity index (χ0) is 19.2. The third-order valence-corrected chi connectivity index (χ3v) is 13.9. The zero-order valence-corrected chi connectivity index (χ0v) is 19.1. The van der Waals surface area contributed by atoms with Gasteiger partial charge in [0.15, 0.2) is 0 Å². The van der Waals surface area contributed by atoms with Crippen molar-refractivity contribution in [2.45, 2.75) is 33.2 Å². The number of carbonyl (C=O) groups is 2. The molecule has 0 radical (unpaired) electrons. The molecule has 2 fully saturated rings. The summed E-state index contributed by atoms with van der Waals surface area (Å²) in [6.07, 6.45) is 0. The summed E-state index contributed by atoms with van der Waals surface area (Å²) in [5.41, 5.74) is 0. The Morgan fingerprint density at radius 3 is 1.93 bits per heavy atom. The Morgan fingerprint density at radius 2 is 1.48 bits per heavy atom. The molecule has 140 valence electrons. The van der Waals surface area contributed by atoms with Crippen molar-refractivity contribution in [3.63, 3.8) is 0 Å². The van der Waals surface area contributed by atoms with Crippen molar-refractivity contribution in [2.24, 2.45) is 0 Å². The second-order valence-corrected chi connectivity index (χ2v) is 15.6. The topological polar surface area (TPSA) is 57.6 Å². The van der Waals surface area contributed by atoms with Gasteiger partial charge in [-0.15, -0.1) is 0 Å². The van der Waals surface area contributed by atoms with Gasteiger partial charge >= 0.3 is 176 Å². The molecule has 0 aliphatic carbocycles. The molecule has 0 unspecified atom stereocenters. The minimum atomic E-state index is -0.906. The van der Waals surface area contributed by atoms with E-state index in [1.54, 1.807) is 16.7 Å². The molecule has 4 nitrogen and oxygen atoms in total. The van der Waals surface area contributed by atoms with E-state index in [0.29, 0.717) is 0 Å². The zero-order valence-electron chi connectivity index (χ0n) is 14.9. The molecule has 2 aromatic rings. The molecule has 4 rings (SSSR count). The first-order valence-electron chi connectivity index (χ1n) is 8.57. The standard InChI is InChI=1S/C20H19NO3SSe2/c1-19(2)15(16(22)23)21-17(24)20(18(21)25-19,26-13-9-5-3-6-10-13)27-14-11-7-4-8-12-14/h3-12,15,18H,1-2H3,(H,22,23)/t15-,18+/m0/s1.